The largest absolute Gasteiger partial charge is 0.465 e. The summed E-state index contributed by atoms with van der Waals surface area (Å²) in [7, 11) is 0. The predicted octanol–water partition coefficient (Wildman–Crippen LogP) is 4.79. The Bertz CT molecular complexity index is 1380. The topological polar surface area (TPSA) is 101 Å². The highest BCUT2D eigenvalue weighted by molar-refractivity contribution is 6.31. The van der Waals surface area contributed by atoms with Gasteiger partial charge in [-0.2, -0.15) is 5.10 Å². The molecule has 1 atom stereocenters. The molecule has 2 N–H and O–H groups in total. The standard InChI is InChI=1S/C25H23ClN4O4/c1-15-9-21(24(31)27-20-7-8-29(14-20)25(32)33)28-30(15)13-18-11-19(26)10-17-12-22(34-23(17)18)16-5-3-2-4-6-16/h2-6,9-12,20H,7-8,13-14H2,1H3,(H,27,31)(H,32,33)/t20-/m1/s1. The number of benzene rings is 2. The quantitative estimate of drug-likeness (QED) is 0.429. The number of aryl methyl sites for hydroxylation is 1. The van der Waals surface area contributed by atoms with Gasteiger partial charge in [-0.05, 0) is 37.6 Å². The Morgan fingerprint density at radius 3 is 2.74 bits per heavy atom. The lowest BCUT2D eigenvalue weighted by atomic mass is 10.1. The molecule has 8 nitrogen and oxygen atoms in total. The van der Waals surface area contributed by atoms with Gasteiger partial charge in [-0.15, -0.1) is 0 Å². The van der Waals surface area contributed by atoms with Crippen LogP contribution in [0.5, 0.6) is 0 Å². The number of aromatic nitrogens is 2. The van der Waals surface area contributed by atoms with Crippen LogP contribution in [0.15, 0.2) is 59.0 Å². The predicted molar refractivity (Wildman–Crippen MR) is 128 cm³/mol. The lowest BCUT2D eigenvalue weighted by Crippen LogP contribution is -2.38. The van der Waals surface area contributed by atoms with Gasteiger partial charge in [-0.1, -0.05) is 41.9 Å². The number of amides is 2. The first-order chi connectivity index (χ1) is 16.4. The zero-order valence-corrected chi connectivity index (χ0v) is 19.2. The molecule has 9 heteroatoms. The second-order valence-corrected chi connectivity index (χ2v) is 8.91. The summed E-state index contributed by atoms with van der Waals surface area (Å²) in [4.78, 5) is 25.1. The first kappa shape index (κ1) is 22.0. The fraction of sp³-hybridized carbons (Fsp3) is 0.240. The molecule has 2 aromatic heterocycles. The van der Waals surface area contributed by atoms with E-state index < -0.39 is 6.09 Å². The third-order valence-electron chi connectivity index (χ3n) is 6.04. The molecule has 0 radical (unpaired) electrons. The van der Waals surface area contributed by atoms with Gasteiger partial charge >= 0.3 is 6.09 Å². The highest BCUT2D eigenvalue weighted by atomic mass is 35.5. The van der Waals surface area contributed by atoms with Crippen molar-refractivity contribution in [1.29, 1.82) is 0 Å². The van der Waals surface area contributed by atoms with Crippen molar-refractivity contribution in [2.45, 2.75) is 25.9 Å². The third-order valence-corrected chi connectivity index (χ3v) is 6.26. The van der Waals surface area contributed by atoms with Crippen LogP contribution in [0.2, 0.25) is 5.02 Å². The first-order valence-corrected chi connectivity index (χ1v) is 11.4. The number of carbonyl (C=O) groups is 2. The van der Waals surface area contributed by atoms with E-state index in [0.717, 1.165) is 33.6 Å². The summed E-state index contributed by atoms with van der Waals surface area (Å²) in [5, 5.41) is 18.0. The molecule has 1 fully saturated rings. The molecule has 2 aromatic carbocycles. The summed E-state index contributed by atoms with van der Waals surface area (Å²) in [5.41, 5.74) is 3.66. The van der Waals surface area contributed by atoms with E-state index in [4.69, 9.17) is 21.1 Å². The van der Waals surface area contributed by atoms with E-state index in [1.54, 1.807) is 10.7 Å². The third kappa shape index (κ3) is 4.36. The number of halogens is 1. The number of fused-ring (bicyclic) bond motifs is 1. The maximum atomic E-state index is 12.7. The van der Waals surface area contributed by atoms with E-state index in [9.17, 15) is 9.59 Å². The Morgan fingerprint density at radius 2 is 2.00 bits per heavy atom. The van der Waals surface area contributed by atoms with Crippen molar-refractivity contribution in [1.82, 2.24) is 20.0 Å². The van der Waals surface area contributed by atoms with Gasteiger partial charge in [0, 0.05) is 46.4 Å². The Balaban J connectivity index is 1.38. The maximum absolute atomic E-state index is 12.7. The molecular weight excluding hydrogens is 456 g/mol. The summed E-state index contributed by atoms with van der Waals surface area (Å²) in [6, 6.07) is 17.0. The van der Waals surface area contributed by atoms with Crippen LogP contribution in [0.3, 0.4) is 0 Å². The van der Waals surface area contributed by atoms with Gasteiger partial charge in [0.1, 0.15) is 17.0 Å². The molecule has 0 saturated carbocycles. The van der Waals surface area contributed by atoms with E-state index in [0.29, 0.717) is 24.5 Å². The zero-order valence-electron chi connectivity index (χ0n) is 18.5. The van der Waals surface area contributed by atoms with Crippen molar-refractivity contribution in [3.63, 3.8) is 0 Å². The molecule has 0 bridgehead atoms. The number of hydrogen-bond acceptors (Lipinski definition) is 4. The number of carbonyl (C=O) groups excluding carboxylic acids is 1. The van der Waals surface area contributed by atoms with Crippen molar-refractivity contribution in [2.75, 3.05) is 13.1 Å². The molecule has 0 aliphatic carbocycles. The van der Waals surface area contributed by atoms with Crippen molar-refractivity contribution in [2.24, 2.45) is 0 Å². The van der Waals surface area contributed by atoms with Crippen LogP contribution in [-0.4, -0.2) is 50.9 Å². The van der Waals surface area contributed by atoms with Crippen molar-refractivity contribution >= 4 is 34.6 Å². The normalized spacial score (nSPS) is 15.7. The molecule has 4 aromatic rings. The van der Waals surface area contributed by atoms with Crippen molar-refractivity contribution in [3.8, 4) is 11.3 Å². The van der Waals surface area contributed by atoms with Crippen molar-refractivity contribution < 1.29 is 19.1 Å². The fourth-order valence-corrected chi connectivity index (χ4v) is 4.55. The smallest absolute Gasteiger partial charge is 0.407 e. The molecule has 1 saturated heterocycles. The highest BCUT2D eigenvalue weighted by Gasteiger charge is 2.28. The average Bonchev–Trinajstić information content (AvgIpc) is 3.53. The van der Waals surface area contributed by atoms with E-state index in [2.05, 4.69) is 10.4 Å². The number of rotatable bonds is 5. The molecule has 34 heavy (non-hydrogen) atoms. The number of nitrogens with one attached hydrogen (secondary N) is 1. The molecule has 174 valence electrons. The Morgan fingerprint density at radius 1 is 1.21 bits per heavy atom. The number of hydrogen-bond donors (Lipinski definition) is 2. The molecule has 0 unspecified atom stereocenters. The van der Waals surface area contributed by atoms with E-state index >= 15 is 0 Å². The summed E-state index contributed by atoms with van der Waals surface area (Å²) in [6.45, 7) is 2.95. The van der Waals surface area contributed by atoms with E-state index in [1.165, 1.54) is 4.90 Å². The second kappa shape index (κ2) is 8.87. The zero-order chi connectivity index (χ0) is 23.8. The second-order valence-electron chi connectivity index (χ2n) is 8.48. The van der Waals surface area contributed by atoms with Gasteiger partial charge in [0.2, 0.25) is 0 Å². The molecule has 5 rings (SSSR count). The van der Waals surface area contributed by atoms with Crippen molar-refractivity contribution in [3.05, 3.63) is 76.6 Å². The Labute approximate surface area is 200 Å². The lowest BCUT2D eigenvalue weighted by molar-refractivity contribution is 0.0930. The van der Waals surface area contributed by atoms with Crippen LogP contribution < -0.4 is 5.32 Å². The van der Waals surface area contributed by atoms with Crippen LogP contribution >= 0.6 is 11.6 Å². The molecule has 2 amide bonds. The molecule has 3 heterocycles. The van der Waals surface area contributed by atoms with Gasteiger partial charge in [0.25, 0.3) is 5.91 Å². The van der Waals surface area contributed by atoms with E-state index in [1.807, 2.05) is 55.5 Å². The Hall–Kier alpha value is -3.78. The summed E-state index contributed by atoms with van der Waals surface area (Å²) in [5.74, 6) is 0.433. The maximum Gasteiger partial charge on any atom is 0.407 e. The van der Waals surface area contributed by atoms with Crippen LogP contribution in [-0.2, 0) is 6.54 Å². The number of furan rings is 1. The van der Waals surface area contributed by atoms with Gasteiger partial charge in [0.15, 0.2) is 0 Å². The minimum atomic E-state index is -0.974. The number of carboxylic acid groups (broad SMARTS) is 1. The van der Waals surface area contributed by atoms with Crippen LogP contribution in [0.4, 0.5) is 4.79 Å². The SMILES string of the molecule is Cc1cc(C(=O)N[C@@H]2CCN(C(=O)O)C2)nn1Cc1cc(Cl)cc2cc(-c3ccccc3)oc12. The van der Waals surface area contributed by atoms with Gasteiger partial charge in [-0.3, -0.25) is 9.48 Å². The molecule has 0 spiro atoms. The highest BCUT2D eigenvalue weighted by Crippen LogP contribution is 2.32. The van der Waals surface area contributed by atoms with Crippen LogP contribution in [0.25, 0.3) is 22.3 Å². The monoisotopic (exact) mass is 478 g/mol. The minimum Gasteiger partial charge on any atom is -0.465 e. The minimum absolute atomic E-state index is 0.221. The Kier molecular flexibility index (Phi) is 5.75. The fourth-order valence-electron chi connectivity index (χ4n) is 4.30. The molecule has 1 aliphatic heterocycles. The summed E-state index contributed by atoms with van der Waals surface area (Å²) < 4.78 is 7.93. The van der Waals surface area contributed by atoms with Crippen LogP contribution in [0, 0.1) is 6.92 Å². The average molecular weight is 479 g/mol. The van der Waals surface area contributed by atoms with Crippen LogP contribution in [0.1, 0.15) is 28.2 Å². The van der Waals surface area contributed by atoms with E-state index in [-0.39, 0.29) is 24.2 Å². The lowest BCUT2D eigenvalue weighted by Gasteiger charge is -2.13. The van der Waals surface area contributed by atoms with Gasteiger partial charge in [0.05, 0.1) is 6.54 Å². The summed E-state index contributed by atoms with van der Waals surface area (Å²) >= 11 is 6.39. The number of likely N-dealkylation sites (tertiary alicyclic amines) is 1. The van der Waals surface area contributed by atoms with Gasteiger partial charge < -0.3 is 19.7 Å². The number of nitrogens with zero attached hydrogens (tertiary/aromatic N) is 3. The molecule has 1 aliphatic rings. The summed E-state index contributed by atoms with van der Waals surface area (Å²) in [6.07, 6.45) is -0.390. The molecular formula is C25H23ClN4O4. The first-order valence-electron chi connectivity index (χ1n) is 11.0. The van der Waals surface area contributed by atoms with Gasteiger partial charge in [-0.25, -0.2) is 4.79 Å².